The van der Waals surface area contributed by atoms with E-state index >= 15 is 0 Å². The molecule has 0 aromatic heterocycles. The lowest BCUT2D eigenvalue weighted by Gasteiger charge is -1.95. The van der Waals surface area contributed by atoms with Crippen LogP contribution in [0.3, 0.4) is 0 Å². The number of alkyl halides is 6. The zero-order valence-electron chi connectivity index (χ0n) is 15.0. The first-order valence-corrected chi connectivity index (χ1v) is 8.40. The van der Waals surface area contributed by atoms with E-state index in [1.165, 1.54) is 38.5 Å². The highest BCUT2D eigenvalue weighted by atomic mass is 19.4. The minimum Gasteiger partial charge on any atom is -0.475 e. The van der Waals surface area contributed by atoms with Gasteiger partial charge in [-0.2, -0.15) is 26.3 Å². The highest BCUT2D eigenvalue weighted by Crippen LogP contribution is 2.13. The van der Waals surface area contributed by atoms with Crippen molar-refractivity contribution in [2.75, 3.05) is 26.2 Å². The lowest BCUT2D eigenvalue weighted by Crippen LogP contribution is -2.30. The third kappa shape index (κ3) is 22.4. The van der Waals surface area contributed by atoms with E-state index < -0.39 is 24.3 Å². The van der Waals surface area contributed by atoms with Crippen molar-refractivity contribution < 1.29 is 46.1 Å². The van der Waals surface area contributed by atoms with Crippen LogP contribution in [0.4, 0.5) is 26.3 Å². The number of carboxylic acid groups (broad SMARTS) is 2. The van der Waals surface area contributed by atoms with Gasteiger partial charge in [0.2, 0.25) is 0 Å². The summed E-state index contributed by atoms with van der Waals surface area (Å²) in [5.74, 6) is -5.51. The van der Waals surface area contributed by atoms with Crippen LogP contribution in [0.2, 0.25) is 0 Å². The van der Waals surface area contributed by atoms with Crippen LogP contribution >= 0.6 is 0 Å². The van der Waals surface area contributed by atoms with Gasteiger partial charge in [-0.15, -0.1) is 0 Å². The second kappa shape index (κ2) is 16.3. The van der Waals surface area contributed by atoms with Crippen LogP contribution in [-0.4, -0.2) is 60.7 Å². The van der Waals surface area contributed by atoms with Gasteiger partial charge in [0, 0.05) is 26.2 Å². The largest absolute Gasteiger partial charge is 0.490 e. The van der Waals surface area contributed by atoms with Gasteiger partial charge in [0.25, 0.3) is 0 Å². The quantitative estimate of drug-likeness (QED) is 0.323. The highest BCUT2D eigenvalue weighted by Gasteiger charge is 2.38. The van der Waals surface area contributed by atoms with Crippen LogP contribution in [0, 0.1) is 0 Å². The molecule has 0 aromatic carbocycles. The molecule has 0 bridgehead atoms. The van der Waals surface area contributed by atoms with Gasteiger partial charge in [-0.25, -0.2) is 9.59 Å². The number of nitrogens with one attached hydrogen (secondary N) is 4. The van der Waals surface area contributed by atoms with Gasteiger partial charge >= 0.3 is 24.3 Å². The smallest absolute Gasteiger partial charge is 0.475 e. The molecule has 2 aliphatic rings. The first-order valence-electron chi connectivity index (χ1n) is 8.40. The van der Waals surface area contributed by atoms with Crippen molar-refractivity contribution in [2.24, 2.45) is 0 Å². The Morgan fingerprint density at radius 2 is 0.714 bits per heavy atom. The zero-order chi connectivity index (χ0) is 22.1. The molecule has 2 aliphatic heterocycles. The Morgan fingerprint density at radius 1 is 0.536 bits per heavy atom. The lowest BCUT2D eigenvalue weighted by atomic mass is 10.2. The summed E-state index contributed by atoms with van der Waals surface area (Å²) in [6.07, 6.45) is -2.11. The zero-order valence-corrected chi connectivity index (χ0v) is 15.0. The van der Waals surface area contributed by atoms with Gasteiger partial charge < -0.3 is 10.2 Å². The van der Waals surface area contributed by atoms with Crippen LogP contribution in [0.5, 0.6) is 0 Å². The van der Waals surface area contributed by atoms with Gasteiger partial charge in [-0.3, -0.25) is 21.7 Å². The van der Waals surface area contributed by atoms with E-state index in [-0.39, 0.29) is 0 Å². The Labute approximate surface area is 158 Å². The van der Waals surface area contributed by atoms with Gasteiger partial charge in [-0.05, 0) is 25.7 Å². The Balaban J connectivity index is 0. The van der Waals surface area contributed by atoms with Gasteiger partial charge in [0.15, 0.2) is 0 Å². The van der Waals surface area contributed by atoms with Gasteiger partial charge in [-0.1, -0.05) is 12.8 Å². The summed E-state index contributed by atoms with van der Waals surface area (Å²) in [4.78, 5) is 17.8. The van der Waals surface area contributed by atoms with Crippen molar-refractivity contribution in [2.45, 2.75) is 50.9 Å². The molecule has 14 heteroatoms. The molecule has 0 unspecified atom stereocenters. The van der Waals surface area contributed by atoms with Crippen molar-refractivity contribution in [3.05, 3.63) is 0 Å². The molecule has 2 heterocycles. The topological polar surface area (TPSA) is 123 Å². The third-order valence-corrected chi connectivity index (χ3v) is 2.94. The molecule has 168 valence electrons. The summed E-state index contributed by atoms with van der Waals surface area (Å²) in [7, 11) is 0. The molecule has 0 radical (unpaired) electrons. The van der Waals surface area contributed by atoms with Crippen molar-refractivity contribution in [1.29, 1.82) is 0 Å². The maximum Gasteiger partial charge on any atom is 0.490 e. The van der Waals surface area contributed by atoms with E-state index in [9.17, 15) is 26.3 Å². The highest BCUT2D eigenvalue weighted by molar-refractivity contribution is 5.73. The van der Waals surface area contributed by atoms with Gasteiger partial charge in [0.1, 0.15) is 0 Å². The third-order valence-electron chi connectivity index (χ3n) is 2.94. The van der Waals surface area contributed by atoms with E-state index in [2.05, 4.69) is 21.7 Å². The Hall–Kier alpha value is -1.64. The molecular weight excluding hydrogens is 402 g/mol. The predicted octanol–water partition coefficient (Wildman–Crippen LogP) is 1.80. The number of hydrazine groups is 2. The van der Waals surface area contributed by atoms with E-state index in [0.29, 0.717) is 0 Å². The molecular formula is C14H26F6N4O4. The molecule has 8 nitrogen and oxygen atoms in total. The lowest BCUT2D eigenvalue weighted by molar-refractivity contribution is -0.193. The van der Waals surface area contributed by atoms with Gasteiger partial charge in [0.05, 0.1) is 0 Å². The van der Waals surface area contributed by atoms with Crippen molar-refractivity contribution >= 4 is 11.9 Å². The summed E-state index contributed by atoms with van der Waals surface area (Å²) < 4.78 is 63.5. The molecule has 28 heavy (non-hydrogen) atoms. The van der Waals surface area contributed by atoms with E-state index in [1.54, 1.807) is 0 Å². The molecule has 2 rings (SSSR count). The number of aliphatic carboxylic acids is 2. The molecule has 0 spiro atoms. The first-order chi connectivity index (χ1) is 12.9. The number of rotatable bonds is 0. The SMILES string of the molecule is C1CCNNCC1.C1CCNNCC1.O=C(O)C(F)(F)F.O=C(O)C(F)(F)F. The minimum atomic E-state index is -5.08. The second-order valence-electron chi connectivity index (χ2n) is 5.43. The summed E-state index contributed by atoms with van der Waals surface area (Å²) >= 11 is 0. The molecule has 0 atom stereocenters. The normalized spacial score (nSPS) is 17.6. The molecule has 2 fully saturated rings. The Morgan fingerprint density at radius 3 is 0.857 bits per heavy atom. The fourth-order valence-electron chi connectivity index (χ4n) is 1.56. The summed E-state index contributed by atoms with van der Waals surface area (Å²) in [5.41, 5.74) is 12.4. The summed E-state index contributed by atoms with van der Waals surface area (Å²) in [6.45, 7) is 4.56. The average Bonchev–Trinajstić information content (AvgIpc) is 3.04. The van der Waals surface area contributed by atoms with Crippen LogP contribution in [0.25, 0.3) is 0 Å². The number of carboxylic acids is 2. The molecule has 0 aliphatic carbocycles. The van der Waals surface area contributed by atoms with E-state index in [0.717, 1.165) is 26.2 Å². The van der Waals surface area contributed by atoms with Crippen LogP contribution < -0.4 is 21.7 Å². The Bertz CT molecular complexity index is 344. The van der Waals surface area contributed by atoms with Crippen LogP contribution in [-0.2, 0) is 9.59 Å². The summed E-state index contributed by atoms with van der Waals surface area (Å²) in [6, 6.07) is 0. The standard InChI is InChI=1S/2C5H12N2.2C2HF3O2/c2*1-2-4-6-7-5-3-1;2*3-2(4,5)1(6)7/h2*6-7H,1-5H2;2*(H,6,7). The molecule has 6 N–H and O–H groups in total. The molecule has 0 saturated carbocycles. The van der Waals surface area contributed by atoms with Crippen molar-refractivity contribution in [1.82, 2.24) is 21.7 Å². The number of carbonyl (C=O) groups is 2. The maximum absolute atomic E-state index is 10.6. The first kappa shape index (κ1) is 28.6. The van der Waals surface area contributed by atoms with Crippen molar-refractivity contribution in [3.63, 3.8) is 0 Å². The fraction of sp³-hybridized carbons (Fsp3) is 0.857. The monoisotopic (exact) mass is 428 g/mol. The van der Waals surface area contributed by atoms with E-state index in [1.807, 2.05) is 0 Å². The number of hydrogen-bond donors (Lipinski definition) is 6. The maximum atomic E-state index is 10.6. The molecule has 0 aromatic rings. The Kier molecular flexibility index (Phi) is 16.7. The molecule has 2 saturated heterocycles. The van der Waals surface area contributed by atoms with Crippen LogP contribution in [0.1, 0.15) is 38.5 Å². The number of hydrogen-bond acceptors (Lipinski definition) is 6. The minimum absolute atomic E-state index is 1.14. The van der Waals surface area contributed by atoms with Crippen molar-refractivity contribution in [3.8, 4) is 0 Å². The van der Waals surface area contributed by atoms with Crippen LogP contribution in [0.15, 0.2) is 0 Å². The predicted molar refractivity (Wildman–Crippen MR) is 87.1 cm³/mol. The molecule has 0 amide bonds. The van der Waals surface area contributed by atoms with E-state index in [4.69, 9.17) is 19.8 Å². The second-order valence-corrected chi connectivity index (χ2v) is 5.43. The fourth-order valence-corrected chi connectivity index (χ4v) is 1.56. The average molecular weight is 428 g/mol. The summed E-state index contributed by atoms with van der Waals surface area (Å²) in [5, 5.41) is 14.2. The number of halogens is 6.